The molecule has 0 aliphatic heterocycles. The Kier molecular flexibility index (Phi) is 6.65. The van der Waals surface area contributed by atoms with Gasteiger partial charge in [0.25, 0.3) is 0 Å². The van der Waals surface area contributed by atoms with Gasteiger partial charge in [0.15, 0.2) is 0 Å². The summed E-state index contributed by atoms with van der Waals surface area (Å²) in [5.74, 6) is 0.737. The van der Waals surface area contributed by atoms with E-state index in [4.69, 9.17) is 15.6 Å². The van der Waals surface area contributed by atoms with Crippen molar-refractivity contribution in [3.63, 3.8) is 0 Å². The summed E-state index contributed by atoms with van der Waals surface area (Å²) in [5.41, 5.74) is 6.47. The fourth-order valence-corrected chi connectivity index (χ4v) is 2.04. The summed E-state index contributed by atoms with van der Waals surface area (Å²) in [6.07, 6.45) is 0.984. The summed E-state index contributed by atoms with van der Waals surface area (Å²) in [5, 5.41) is 9.17. The Labute approximate surface area is 126 Å². The van der Waals surface area contributed by atoms with Crippen LogP contribution in [0.15, 0.2) is 24.3 Å². The van der Waals surface area contributed by atoms with E-state index in [2.05, 4.69) is 0 Å². The topological polar surface area (TPSA) is 75.8 Å². The smallest absolute Gasteiger partial charge is 0.223 e. The lowest BCUT2D eigenvalue weighted by Crippen LogP contribution is -2.37. The average Bonchev–Trinajstić information content (AvgIpc) is 2.44. The van der Waals surface area contributed by atoms with E-state index in [0.717, 1.165) is 11.3 Å². The van der Waals surface area contributed by atoms with Gasteiger partial charge in [-0.25, -0.2) is 0 Å². The maximum Gasteiger partial charge on any atom is 0.223 e. The second-order valence-electron chi connectivity index (χ2n) is 5.84. The van der Waals surface area contributed by atoms with Crippen molar-refractivity contribution in [2.75, 3.05) is 20.3 Å². The van der Waals surface area contributed by atoms with Gasteiger partial charge in [-0.3, -0.25) is 4.79 Å². The van der Waals surface area contributed by atoms with Gasteiger partial charge in [0, 0.05) is 30.6 Å². The van der Waals surface area contributed by atoms with Crippen LogP contribution in [0.2, 0.25) is 0 Å². The van der Waals surface area contributed by atoms with Gasteiger partial charge in [-0.1, -0.05) is 18.2 Å². The third-order valence-electron chi connectivity index (χ3n) is 3.26. The first-order valence-corrected chi connectivity index (χ1v) is 7.17. The van der Waals surface area contributed by atoms with E-state index in [1.807, 2.05) is 38.1 Å². The third-order valence-corrected chi connectivity index (χ3v) is 3.26. The molecule has 0 fully saturated rings. The molecular formula is C16H26N2O3. The van der Waals surface area contributed by atoms with E-state index >= 15 is 0 Å². The predicted molar refractivity (Wildman–Crippen MR) is 83.0 cm³/mol. The molecule has 0 aliphatic rings. The van der Waals surface area contributed by atoms with Crippen molar-refractivity contribution >= 4 is 5.91 Å². The number of rotatable bonds is 8. The molecule has 1 aromatic rings. The van der Waals surface area contributed by atoms with Crippen LogP contribution in [-0.4, -0.2) is 41.7 Å². The molecule has 0 aromatic heterocycles. The van der Waals surface area contributed by atoms with Crippen LogP contribution in [0.3, 0.4) is 0 Å². The molecule has 0 bridgehead atoms. The van der Waals surface area contributed by atoms with E-state index < -0.39 is 0 Å². The molecule has 0 saturated carbocycles. The first kappa shape index (κ1) is 17.5. The number of benzene rings is 1. The van der Waals surface area contributed by atoms with Crippen molar-refractivity contribution in [2.45, 2.75) is 38.8 Å². The zero-order valence-electron chi connectivity index (χ0n) is 13.1. The van der Waals surface area contributed by atoms with Crippen molar-refractivity contribution in [2.24, 2.45) is 5.73 Å². The molecule has 0 saturated heterocycles. The summed E-state index contributed by atoms with van der Waals surface area (Å²) < 4.78 is 5.30. The summed E-state index contributed by atoms with van der Waals surface area (Å²) in [6.45, 7) is 4.47. The maximum atomic E-state index is 12.3. The molecule has 0 unspecified atom stereocenters. The summed E-state index contributed by atoms with van der Waals surface area (Å²) in [4.78, 5) is 13.9. The number of nitrogens with zero attached hydrogens (tertiary/aromatic N) is 1. The fourth-order valence-electron chi connectivity index (χ4n) is 2.04. The zero-order valence-corrected chi connectivity index (χ0v) is 13.1. The molecule has 1 aromatic carbocycles. The number of nitrogens with two attached hydrogens (primary N) is 1. The molecule has 21 heavy (non-hydrogen) atoms. The quantitative estimate of drug-likeness (QED) is 0.762. The highest BCUT2D eigenvalue weighted by molar-refractivity contribution is 5.76. The Morgan fingerprint density at radius 1 is 1.38 bits per heavy atom. The van der Waals surface area contributed by atoms with Crippen LogP contribution >= 0.6 is 0 Å². The van der Waals surface area contributed by atoms with Crippen LogP contribution in [0.1, 0.15) is 32.3 Å². The van der Waals surface area contributed by atoms with Gasteiger partial charge in [0.1, 0.15) is 5.75 Å². The molecule has 3 N–H and O–H groups in total. The highest BCUT2D eigenvalue weighted by atomic mass is 16.5. The van der Waals surface area contributed by atoms with E-state index in [1.165, 1.54) is 0 Å². The van der Waals surface area contributed by atoms with Gasteiger partial charge in [0.2, 0.25) is 5.91 Å². The number of aliphatic hydroxyl groups excluding tert-OH is 1. The van der Waals surface area contributed by atoms with Crippen LogP contribution in [0.25, 0.3) is 0 Å². The zero-order chi connectivity index (χ0) is 15.9. The first-order valence-electron chi connectivity index (χ1n) is 7.17. The second kappa shape index (κ2) is 8.00. The minimum Gasteiger partial charge on any atom is -0.496 e. The van der Waals surface area contributed by atoms with Crippen molar-refractivity contribution in [3.05, 3.63) is 29.8 Å². The van der Waals surface area contributed by atoms with Gasteiger partial charge < -0.3 is 20.5 Å². The van der Waals surface area contributed by atoms with Crippen LogP contribution in [0, 0.1) is 0 Å². The number of para-hydroxylation sites is 1. The monoisotopic (exact) mass is 294 g/mol. The van der Waals surface area contributed by atoms with Crippen molar-refractivity contribution in [1.29, 1.82) is 0 Å². The van der Waals surface area contributed by atoms with Gasteiger partial charge in [-0.15, -0.1) is 0 Å². The number of aliphatic hydroxyl groups is 1. The highest BCUT2D eigenvalue weighted by Gasteiger charge is 2.19. The van der Waals surface area contributed by atoms with Gasteiger partial charge >= 0.3 is 0 Å². The number of hydrogen-bond donors (Lipinski definition) is 2. The predicted octanol–water partition coefficient (Wildman–Crippen LogP) is 1.53. The van der Waals surface area contributed by atoms with Crippen LogP contribution in [0.5, 0.6) is 5.75 Å². The number of hydrogen-bond acceptors (Lipinski definition) is 4. The molecule has 1 rings (SSSR count). The van der Waals surface area contributed by atoms with E-state index in [-0.39, 0.29) is 18.1 Å². The van der Waals surface area contributed by atoms with Crippen LogP contribution < -0.4 is 10.5 Å². The Morgan fingerprint density at radius 3 is 2.62 bits per heavy atom. The standard InChI is InChI=1S/C16H26N2O3/c1-16(2,17)9-8-15(20)18(10-11-19)12-13-6-4-5-7-14(13)21-3/h4-7,19H,8-12,17H2,1-3H3. The number of methoxy groups -OCH3 is 1. The van der Waals surface area contributed by atoms with Crippen molar-refractivity contribution in [1.82, 2.24) is 4.90 Å². The lowest BCUT2D eigenvalue weighted by molar-refractivity contribution is -0.132. The Hall–Kier alpha value is -1.59. The average molecular weight is 294 g/mol. The number of amides is 1. The highest BCUT2D eigenvalue weighted by Crippen LogP contribution is 2.20. The lowest BCUT2D eigenvalue weighted by Gasteiger charge is -2.25. The number of ether oxygens (including phenoxy) is 1. The summed E-state index contributed by atoms with van der Waals surface area (Å²) >= 11 is 0. The minimum atomic E-state index is -0.370. The van der Waals surface area contributed by atoms with Gasteiger partial charge in [0.05, 0.1) is 13.7 Å². The van der Waals surface area contributed by atoms with Gasteiger partial charge in [-0.05, 0) is 26.3 Å². The Balaban J connectivity index is 2.75. The molecule has 0 aliphatic carbocycles. The molecular weight excluding hydrogens is 268 g/mol. The van der Waals surface area contributed by atoms with E-state index in [0.29, 0.717) is 25.9 Å². The number of carbonyl (C=O) groups excluding carboxylic acids is 1. The number of carbonyl (C=O) groups is 1. The van der Waals surface area contributed by atoms with Crippen LogP contribution in [0.4, 0.5) is 0 Å². The SMILES string of the molecule is COc1ccccc1CN(CCO)C(=O)CCC(C)(C)N. The summed E-state index contributed by atoms with van der Waals surface area (Å²) in [7, 11) is 1.61. The molecule has 118 valence electrons. The first-order chi connectivity index (χ1) is 9.87. The molecule has 5 nitrogen and oxygen atoms in total. The molecule has 0 spiro atoms. The van der Waals surface area contributed by atoms with E-state index in [9.17, 15) is 4.79 Å². The minimum absolute atomic E-state index is 0.00604. The fraction of sp³-hybridized carbons (Fsp3) is 0.562. The molecule has 0 heterocycles. The Bertz CT molecular complexity index is 455. The molecule has 0 radical (unpaired) electrons. The molecule has 5 heteroatoms. The largest absolute Gasteiger partial charge is 0.496 e. The second-order valence-corrected chi connectivity index (χ2v) is 5.84. The van der Waals surface area contributed by atoms with Gasteiger partial charge in [-0.2, -0.15) is 0 Å². The van der Waals surface area contributed by atoms with Crippen LogP contribution in [-0.2, 0) is 11.3 Å². The lowest BCUT2D eigenvalue weighted by atomic mass is 9.99. The molecule has 0 atom stereocenters. The normalized spacial score (nSPS) is 11.3. The van der Waals surface area contributed by atoms with Crippen molar-refractivity contribution < 1.29 is 14.6 Å². The third kappa shape index (κ3) is 6.14. The Morgan fingerprint density at radius 2 is 2.05 bits per heavy atom. The maximum absolute atomic E-state index is 12.3. The summed E-state index contributed by atoms with van der Waals surface area (Å²) in [6, 6.07) is 7.57. The molecule has 1 amide bonds. The van der Waals surface area contributed by atoms with Crippen molar-refractivity contribution in [3.8, 4) is 5.75 Å². The van der Waals surface area contributed by atoms with E-state index in [1.54, 1.807) is 12.0 Å².